The number of piperazine rings is 1. The van der Waals surface area contributed by atoms with Gasteiger partial charge in [-0.1, -0.05) is 6.07 Å². The Labute approximate surface area is 159 Å². The van der Waals surface area contributed by atoms with E-state index in [9.17, 15) is 4.79 Å². The van der Waals surface area contributed by atoms with Crippen molar-refractivity contribution in [2.75, 3.05) is 57.7 Å². The number of hydrogen-bond acceptors (Lipinski definition) is 7. The van der Waals surface area contributed by atoms with E-state index in [4.69, 9.17) is 9.47 Å². The zero-order chi connectivity index (χ0) is 19.2. The lowest BCUT2D eigenvalue weighted by Crippen LogP contribution is -2.44. The monoisotopic (exact) mass is 371 g/mol. The lowest BCUT2D eigenvalue weighted by molar-refractivity contribution is -0.115. The number of rotatable bonds is 6. The summed E-state index contributed by atoms with van der Waals surface area (Å²) < 4.78 is 10.5. The highest BCUT2D eigenvalue weighted by molar-refractivity contribution is 5.91. The highest BCUT2D eigenvalue weighted by Crippen LogP contribution is 2.27. The van der Waals surface area contributed by atoms with Gasteiger partial charge in [-0.3, -0.25) is 4.79 Å². The van der Waals surface area contributed by atoms with Gasteiger partial charge in [0.05, 0.1) is 20.6 Å². The Morgan fingerprint density at radius 3 is 2.41 bits per heavy atom. The first-order valence-corrected chi connectivity index (χ1v) is 8.87. The lowest BCUT2D eigenvalue weighted by atomic mass is 10.1. The first-order chi connectivity index (χ1) is 13.1. The molecule has 0 aliphatic carbocycles. The molecule has 0 radical (unpaired) electrons. The molecule has 8 nitrogen and oxygen atoms in total. The van der Waals surface area contributed by atoms with Crippen LogP contribution < -0.4 is 19.7 Å². The van der Waals surface area contributed by atoms with Gasteiger partial charge in [0.25, 0.3) is 0 Å². The zero-order valence-electron chi connectivity index (χ0n) is 15.9. The number of aromatic nitrogens is 2. The van der Waals surface area contributed by atoms with Crippen molar-refractivity contribution in [1.29, 1.82) is 0 Å². The molecule has 2 aromatic rings. The number of nitrogens with one attached hydrogen (secondary N) is 1. The lowest BCUT2D eigenvalue weighted by Gasteiger charge is -2.32. The highest BCUT2D eigenvalue weighted by atomic mass is 16.5. The Morgan fingerprint density at radius 1 is 1.04 bits per heavy atom. The number of hydrogen-bond donors (Lipinski definition) is 1. The third kappa shape index (κ3) is 4.85. The maximum Gasteiger partial charge on any atom is 0.229 e. The minimum absolute atomic E-state index is 0.163. The van der Waals surface area contributed by atoms with Crippen molar-refractivity contribution in [3.63, 3.8) is 0 Å². The third-order valence-corrected chi connectivity index (χ3v) is 4.56. The summed E-state index contributed by atoms with van der Waals surface area (Å²) in [6, 6.07) is 9.09. The number of likely N-dealkylation sites (N-methyl/N-ethyl adjacent to an activating group) is 1. The molecule has 1 fully saturated rings. The summed E-state index contributed by atoms with van der Waals surface area (Å²) in [7, 11) is 5.26. The summed E-state index contributed by atoms with van der Waals surface area (Å²) in [5.74, 6) is 2.34. The van der Waals surface area contributed by atoms with Crippen LogP contribution in [0.3, 0.4) is 0 Å². The first-order valence-electron chi connectivity index (χ1n) is 8.87. The largest absolute Gasteiger partial charge is 0.493 e. The van der Waals surface area contributed by atoms with E-state index in [1.165, 1.54) is 0 Å². The van der Waals surface area contributed by atoms with Crippen molar-refractivity contribution in [2.24, 2.45) is 0 Å². The second-order valence-electron chi connectivity index (χ2n) is 6.48. The van der Waals surface area contributed by atoms with Gasteiger partial charge in [0.2, 0.25) is 5.91 Å². The maximum absolute atomic E-state index is 12.3. The minimum atomic E-state index is -0.163. The van der Waals surface area contributed by atoms with E-state index in [0.29, 0.717) is 17.3 Å². The Balaban J connectivity index is 1.58. The fourth-order valence-corrected chi connectivity index (χ4v) is 2.96. The van der Waals surface area contributed by atoms with Gasteiger partial charge in [0.15, 0.2) is 23.1 Å². The van der Waals surface area contributed by atoms with E-state index in [0.717, 1.165) is 37.6 Å². The Hall–Kier alpha value is -2.87. The van der Waals surface area contributed by atoms with Gasteiger partial charge in [-0.15, -0.1) is 10.2 Å². The minimum Gasteiger partial charge on any atom is -0.493 e. The van der Waals surface area contributed by atoms with Crippen LogP contribution >= 0.6 is 0 Å². The van der Waals surface area contributed by atoms with Gasteiger partial charge in [-0.05, 0) is 36.9 Å². The van der Waals surface area contributed by atoms with E-state index in [-0.39, 0.29) is 12.3 Å². The van der Waals surface area contributed by atoms with Gasteiger partial charge in [0, 0.05) is 26.2 Å². The van der Waals surface area contributed by atoms with Gasteiger partial charge in [-0.25, -0.2) is 0 Å². The summed E-state index contributed by atoms with van der Waals surface area (Å²) in [4.78, 5) is 16.8. The summed E-state index contributed by atoms with van der Waals surface area (Å²) in [5.41, 5.74) is 0.826. The third-order valence-electron chi connectivity index (χ3n) is 4.56. The van der Waals surface area contributed by atoms with Crippen molar-refractivity contribution in [1.82, 2.24) is 15.1 Å². The molecule has 0 spiro atoms. The van der Waals surface area contributed by atoms with E-state index in [1.54, 1.807) is 32.4 Å². The van der Waals surface area contributed by atoms with E-state index in [1.807, 2.05) is 12.1 Å². The van der Waals surface area contributed by atoms with Crippen LogP contribution in [-0.4, -0.2) is 68.5 Å². The molecule has 0 bridgehead atoms. The predicted molar refractivity (Wildman–Crippen MR) is 104 cm³/mol. The SMILES string of the molecule is COc1ccc(CC(=O)Nc2ccc(N3CCN(C)CC3)nn2)cc1OC. The highest BCUT2D eigenvalue weighted by Gasteiger charge is 2.16. The van der Waals surface area contributed by atoms with Crippen LogP contribution in [0.15, 0.2) is 30.3 Å². The number of anilines is 2. The van der Waals surface area contributed by atoms with Crippen molar-refractivity contribution in [2.45, 2.75) is 6.42 Å². The molecular weight excluding hydrogens is 346 g/mol. The number of methoxy groups -OCH3 is 2. The van der Waals surface area contributed by atoms with Crippen LogP contribution in [0.4, 0.5) is 11.6 Å². The van der Waals surface area contributed by atoms with Crippen LogP contribution in [0, 0.1) is 0 Å². The Morgan fingerprint density at radius 2 is 1.78 bits per heavy atom. The Bertz CT molecular complexity index is 773. The van der Waals surface area contributed by atoms with E-state index < -0.39 is 0 Å². The smallest absolute Gasteiger partial charge is 0.229 e. The molecule has 1 aliphatic rings. The van der Waals surface area contributed by atoms with Crippen LogP contribution in [0.2, 0.25) is 0 Å². The molecule has 1 N–H and O–H groups in total. The van der Waals surface area contributed by atoms with Gasteiger partial charge >= 0.3 is 0 Å². The number of carbonyl (C=O) groups is 1. The summed E-state index contributed by atoms with van der Waals surface area (Å²) >= 11 is 0. The van der Waals surface area contributed by atoms with E-state index >= 15 is 0 Å². The van der Waals surface area contributed by atoms with Crippen LogP contribution in [-0.2, 0) is 11.2 Å². The van der Waals surface area contributed by atoms with Crippen LogP contribution in [0.25, 0.3) is 0 Å². The van der Waals surface area contributed by atoms with Gasteiger partial charge in [0.1, 0.15) is 0 Å². The molecule has 1 amide bonds. The van der Waals surface area contributed by atoms with Crippen molar-refractivity contribution >= 4 is 17.5 Å². The number of amides is 1. The molecule has 0 unspecified atom stereocenters. The quantitative estimate of drug-likeness (QED) is 0.823. The number of carbonyl (C=O) groups excluding carboxylic acids is 1. The Kier molecular flexibility index (Phi) is 6.08. The second-order valence-corrected chi connectivity index (χ2v) is 6.48. The number of benzene rings is 1. The normalized spacial score (nSPS) is 14.7. The van der Waals surface area contributed by atoms with Crippen LogP contribution in [0.1, 0.15) is 5.56 Å². The summed E-state index contributed by atoms with van der Waals surface area (Å²) in [6.07, 6.45) is 0.211. The molecule has 1 saturated heterocycles. The molecule has 1 aromatic heterocycles. The number of ether oxygens (including phenoxy) is 2. The van der Waals surface area contributed by atoms with Crippen molar-refractivity contribution in [3.05, 3.63) is 35.9 Å². The summed E-state index contributed by atoms with van der Waals surface area (Å²) in [5, 5.41) is 11.2. The fourth-order valence-electron chi connectivity index (χ4n) is 2.96. The van der Waals surface area contributed by atoms with E-state index in [2.05, 4.69) is 32.4 Å². The average molecular weight is 371 g/mol. The van der Waals surface area contributed by atoms with Gasteiger partial charge in [-0.2, -0.15) is 0 Å². The van der Waals surface area contributed by atoms with Crippen LogP contribution in [0.5, 0.6) is 11.5 Å². The standard InChI is InChI=1S/C19H25N5O3/c1-23-8-10-24(11-9-23)18-7-6-17(21-22-18)20-19(25)13-14-4-5-15(26-2)16(12-14)27-3/h4-7,12H,8-11,13H2,1-3H3,(H,20,21,25). The molecular formula is C19H25N5O3. The van der Waals surface area contributed by atoms with Crippen molar-refractivity contribution in [3.8, 4) is 11.5 Å². The molecule has 0 saturated carbocycles. The maximum atomic E-state index is 12.3. The molecule has 0 atom stereocenters. The second kappa shape index (κ2) is 8.68. The fraction of sp³-hybridized carbons (Fsp3) is 0.421. The first kappa shape index (κ1) is 18.9. The molecule has 8 heteroatoms. The summed E-state index contributed by atoms with van der Waals surface area (Å²) in [6.45, 7) is 3.86. The molecule has 2 heterocycles. The predicted octanol–water partition coefficient (Wildman–Crippen LogP) is 1.43. The molecule has 144 valence electrons. The molecule has 27 heavy (non-hydrogen) atoms. The molecule has 3 rings (SSSR count). The molecule has 1 aliphatic heterocycles. The molecule has 1 aromatic carbocycles. The average Bonchev–Trinajstić information content (AvgIpc) is 2.69. The topological polar surface area (TPSA) is 79.8 Å². The number of nitrogens with zero attached hydrogens (tertiary/aromatic N) is 4. The van der Waals surface area contributed by atoms with Crippen molar-refractivity contribution < 1.29 is 14.3 Å². The van der Waals surface area contributed by atoms with Gasteiger partial charge < -0.3 is 24.6 Å². The zero-order valence-corrected chi connectivity index (χ0v) is 15.9.